The van der Waals surface area contributed by atoms with Gasteiger partial charge in [0.2, 0.25) is 0 Å². The molecule has 6 nitrogen and oxygen atoms in total. The molecule has 3 rings (SSSR count). The van der Waals surface area contributed by atoms with Crippen LogP contribution in [0.1, 0.15) is 32.6 Å². The third-order valence-electron chi connectivity index (χ3n) is 4.92. The molecule has 8 heteroatoms. The number of nitriles is 1. The maximum atomic E-state index is 12.7. The number of carboxylic acids is 1. The molecule has 1 amide bonds. The lowest BCUT2D eigenvalue weighted by molar-refractivity contribution is -0.112. The second kappa shape index (κ2) is 11.1. The van der Waals surface area contributed by atoms with Crippen LogP contribution < -0.4 is 10.1 Å². The molecule has 0 atom stereocenters. The van der Waals surface area contributed by atoms with Gasteiger partial charge < -0.3 is 15.2 Å². The molecule has 0 aliphatic carbocycles. The van der Waals surface area contributed by atoms with Crippen molar-refractivity contribution in [3.8, 4) is 11.8 Å². The molecule has 0 aliphatic heterocycles. The van der Waals surface area contributed by atoms with Crippen LogP contribution in [0.5, 0.6) is 5.75 Å². The number of amides is 1. The highest BCUT2D eigenvalue weighted by molar-refractivity contribution is 9.11. The first-order valence-electron chi connectivity index (χ1n) is 10.1. The Morgan fingerprint density at radius 2 is 1.71 bits per heavy atom. The van der Waals surface area contributed by atoms with Crippen molar-refractivity contribution in [3.05, 3.63) is 96.9 Å². The number of aromatic carboxylic acids is 1. The third kappa shape index (κ3) is 6.34. The number of hydrogen-bond donors (Lipinski definition) is 2. The number of ether oxygens (including phenoxy) is 1. The van der Waals surface area contributed by atoms with E-state index in [1.807, 2.05) is 38.1 Å². The van der Waals surface area contributed by atoms with Gasteiger partial charge >= 0.3 is 5.97 Å². The number of aryl methyl sites for hydroxylation is 2. The number of carboxylic acid groups (broad SMARTS) is 1. The molecule has 0 radical (unpaired) electrons. The van der Waals surface area contributed by atoms with Gasteiger partial charge in [0.1, 0.15) is 24.0 Å². The summed E-state index contributed by atoms with van der Waals surface area (Å²) in [6, 6.07) is 17.6. The number of nitrogens with one attached hydrogen (secondary N) is 1. The maximum Gasteiger partial charge on any atom is 0.335 e. The third-order valence-corrected chi connectivity index (χ3v) is 6.10. The van der Waals surface area contributed by atoms with E-state index in [1.54, 1.807) is 24.3 Å². The number of benzene rings is 3. The summed E-state index contributed by atoms with van der Waals surface area (Å²) in [6.07, 6.45) is 1.50. The number of carbonyl (C=O) groups is 2. The normalized spacial score (nSPS) is 11.0. The van der Waals surface area contributed by atoms with Gasteiger partial charge in [0.25, 0.3) is 5.91 Å². The van der Waals surface area contributed by atoms with Crippen LogP contribution in [0, 0.1) is 25.2 Å². The molecule has 0 fully saturated rings. The van der Waals surface area contributed by atoms with Gasteiger partial charge in [0, 0.05) is 5.69 Å². The van der Waals surface area contributed by atoms with Crippen LogP contribution in [-0.2, 0) is 11.4 Å². The molecule has 0 bridgehead atoms. The van der Waals surface area contributed by atoms with Crippen molar-refractivity contribution in [2.75, 3.05) is 5.32 Å². The second-order valence-electron chi connectivity index (χ2n) is 7.55. The summed E-state index contributed by atoms with van der Waals surface area (Å²) in [7, 11) is 0. The summed E-state index contributed by atoms with van der Waals surface area (Å²) >= 11 is 6.95. The standard InChI is InChI=1S/C26H20Br2N2O4/c1-15-3-4-16(2)23(9-15)30-25(31)20(13-29)10-18-11-21(27)24(22(28)12-18)34-14-17-5-7-19(8-6-17)26(32)33/h3-12H,14H2,1-2H3,(H,30,31)(H,32,33)/b20-10+. The van der Waals surface area contributed by atoms with E-state index in [1.165, 1.54) is 18.2 Å². The summed E-state index contributed by atoms with van der Waals surface area (Å²) in [5.74, 6) is -0.938. The van der Waals surface area contributed by atoms with E-state index < -0.39 is 11.9 Å². The molecular formula is C26H20Br2N2O4. The average Bonchev–Trinajstić information content (AvgIpc) is 2.79. The van der Waals surface area contributed by atoms with Crippen LogP contribution in [-0.4, -0.2) is 17.0 Å². The Hall–Kier alpha value is -3.41. The molecule has 2 N–H and O–H groups in total. The molecular weight excluding hydrogens is 564 g/mol. The molecule has 172 valence electrons. The SMILES string of the molecule is Cc1ccc(C)c(NC(=O)/C(C#N)=C/c2cc(Br)c(OCc3ccc(C(=O)O)cc3)c(Br)c2)c1. The van der Waals surface area contributed by atoms with Crippen LogP contribution in [0.25, 0.3) is 6.08 Å². The fourth-order valence-electron chi connectivity index (χ4n) is 3.08. The number of rotatable bonds is 7. The summed E-state index contributed by atoms with van der Waals surface area (Å²) in [4.78, 5) is 23.7. The van der Waals surface area contributed by atoms with Crippen molar-refractivity contribution in [2.24, 2.45) is 0 Å². The Morgan fingerprint density at radius 3 is 2.29 bits per heavy atom. The lowest BCUT2D eigenvalue weighted by atomic mass is 10.1. The maximum absolute atomic E-state index is 12.7. The Labute approximate surface area is 214 Å². The van der Waals surface area contributed by atoms with E-state index in [2.05, 4.69) is 37.2 Å². The summed E-state index contributed by atoms with van der Waals surface area (Å²) in [5.41, 5.74) is 4.18. The van der Waals surface area contributed by atoms with E-state index in [0.717, 1.165) is 16.7 Å². The van der Waals surface area contributed by atoms with E-state index in [0.29, 0.717) is 25.9 Å². The fraction of sp³-hybridized carbons (Fsp3) is 0.115. The number of halogens is 2. The second-order valence-corrected chi connectivity index (χ2v) is 9.26. The highest BCUT2D eigenvalue weighted by Gasteiger charge is 2.14. The molecule has 0 aliphatic rings. The monoisotopic (exact) mass is 582 g/mol. The topological polar surface area (TPSA) is 99.4 Å². The van der Waals surface area contributed by atoms with Crippen LogP contribution >= 0.6 is 31.9 Å². The first-order chi connectivity index (χ1) is 16.2. The highest BCUT2D eigenvalue weighted by atomic mass is 79.9. The van der Waals surface area contributed by atoms with Gasteiger partial charge in [0.15, 0.2) is 0 Å². The van der Waals surface area contributed by atoms with E-state index in [9.17, 15) is 14.9 Å². The van der Waals surface area contributed by atoms with Crippen molar-refractivity contribution < 1.29 is 19.4 Å². The quantitative estimate of drug-likeness (QED) is 0.239. The molecule has 0 spiro atoms. The first kappa shape index (κ1) is 25.2. The molecule has 3 aromatic rings. The van der Waals surface area contributed by atoms with Crippen molar-refractivity contribution in [3.63, 3.8) is 0 Å². The van der Waals surface area contributed by atoms with Gasteiger partial charge in [-0.1, -0.05) is 24.3 Å². The van der Waals surface area contributed by atoms with Crippen molar-refractivity contribution in [1.29, 1.82) is 5.26 Å². The summed E-state index contributed by atoms with van der Waals surface area (Å²) in [6.45, 7) is 4.05. The molecule has 0 saturated heterocycles. The zero-order chi connectivity index (χ0) is 24.8. The lowest BCUT2D eigenvalue weighted by Gasteiger charge is -2.12. The number of carbonyl (C=O) groups excluding carboxylic acids is 1. The molecule has 0 aromatic heterocycles. The van der Waals surface area contributed by atoms with Crippen LogP contribution in [0.15, 0.2) is 69.1 Å². The molecule has 0 unspecified atom stereocenters. The van der Waals surface area contributed by atoms with Gasteiger partial charge in [-0.25, -0.2) is 4.79 Å². The van der Waals surface area contributed by atoms with Gasteiger partial charge in [0.05, 0.1) is 14.5 Å². The van der Waals surface area contributed by atoms with Crippen molar-refractivity contribution in [1.82, 2.24) is 0 Å². The predicted molar refractivity (Wildman–Crippen MR) is 138 cm³/mol. The van der Waals surface area contributed by atoms with Crippen LogP contribution in [0.2, 0.25) is 0 Å². The van der Waals surface area contributed by atoms with Crippen molar-refractivity contribution in [2.45, 2.75) is 20.5 Å². The van der Waals surface area contributed by atoms with E-state index >= 15 is 0 Å². The zero-order valence-electron chi connectivity index (χ0n) is 18.4. The fourth-order valence-corrected chi connectivity index (χ4v) is 4.53. The van der Waals surface area contributed by atoms with Gasteiger partial charge in [-0.05, 0) is 104 Å². The Bertz CT molecular complexity index is 1300. The Morgan fingerprint density at radius 1 is 1.06 bits per heavy atom. The highest BCUT2D eigenvalue weighted by Crippen LogP contribution is 2.36. The average molecular weight is 584 g/mol. The first-order valence-corrected chi connectivity index (χ1v) is 11.7. The van der Waals surface area contributed by atoms with Crippen LogP contribution in [0.4, 0.5) is 5.69 Å². The van der Waals surface area contributed by atoms with E-state index in [4.69, 9.17) is 9.84 Å². The van der Waals surface area contributed by atoms with Gasteiger partial charge in [-0.3, -0.25) is 4.79 Å². The van der Waals surface area contributed by atoms with E-state index in [-0.39, 0.29) is 17.7 Å². The Kier molecular flexibility index (Phi) is 8.26. The van der Waals surface area contributed by atoms with Gasteiger partial charge in [-0.2, -0.15) is 5.26 Å². The zero-order valence-corrected chi connectivity index (χ0v) is 21.5. The largest absolute Gasteiger partial charge is 0.487 e. The summed E-state index contributed by atoms with van der Waals surface area (Å²) in [5, 5.41) is 21.4. The number of nitrogens with zero attached hydrogens (tertiary/aromatic N) is 1. The predicted octanol–water partition coefficient (Wildman–Crippen LogP) is 6.65. The molecule has 0 saturated carbocycles. The minimum Gasteiger partial charge on any atom is -0.487 e. The minimum absolute atomic E-state index is 0.0353. The number of hydrogen-bond acceptors (Lipinski definition) is 4. The summed E-state index contributed by atoms with van der Waals surface area (Å²) < 4.78 is 7.14. The van der Waals surface area contributed by atoms with Crippen molar-refractivity contribution >= 4 is 55.5 Å². The van der Waals surface area contributed by atoms with Gasteiger partial charge in [-0.15, -0.1) is 0 Å². The molecule has 34 heavy (non-hydrogen) atoms. The molecule has 3 aromatic carbocycles. The minimum atomic E-state index is -0.985. The molecule has 0 heterocycles. The van der Waals surface area contributed by atoms with Crippen LogP contribution in [0.3, 0.4) is 0 Å². The number of anilines is 1. The Balaban J connectivity index is 1.76. The lowest BCUT2D eigenvalue weighted by Crippen LogP contribution is -2.14. The smallest absolute Gasteiger partial charge is 0.335 e.